The van der Waals surface area contributed by atoms with E-state index in [-0.39, 0.29) is 34.6 Å². The summed E-state index contributed by atoms with van der Waals surface area (Å²) in [5.41, 5.74) is -0.601. The SMILES string of the molecule is O=[N+]([O-])c1c(I)cccc1S(=O)(=O)O.[H-].[Na+]. The molecule has 1 aromatic carbocycles. The molecule has 15 heavy (non-hydrogen) atoms. The van der Waals surface area contributed by atoms with Crippen LogP contribution in [0, 0.1) is 13.7 Å². The van der Waals surface area contributed by atoms with E-state index in [9.17, 15) is 18.5 Å². The summed E-state index contributed by atoms with van der Waals surface area (Å²) in [7, 11) is -4.55. The van der Waals surface area contributed by atoms with Gasteiger partial charge in [-0.3, -0.25) is 14.7 Å². The fourth-order valence-electron chi connectivity index (χ4n) is 0.881. The van der Waals surface area contributed by atoms with Crippen LogP contribution in [-0.4, -0.2) is 17.9 Å². The van der Waals surface area contributed by atoms with Crippen molar-refractivity contribution in [1.82, 2.24) is 0 Å². The zero-order valence-electron chi connectivity index (χ0n) is 8.55. The van der Waals surface area contributed by atoms with Crippen LogP contribution in [0.4, 0.5) is 5.69 Å². The maximum atomic E-state index is 10.8. The Hall–Kier alpha value is 0.260. The zero-order valence-corrected chi connectivity index (χ0v) is 12.5. The first kappa shape index (κ1) is 15.3. The van der Waals surface area contributed by atoms with E-state index in [1.807, 2.05) is 0 Å². The van der Waals surface area contributed by atoms with Crippen LogP contribution in [0.3, 0.4) is 0 Å². The van der Waals surface area contributed by atoms with Crippen LogP contribution in [0.25, 0.3) is 0 Å². The molecular formula is C6H5INNaO5S. The molecule has 0 aliphatic carbocycles. The summed E-state index contributed by atoms with van der Waals surface area (Å²) in [6, 6.07) is 3.68. The van der Waals surface area contributed by atoms with Crippen molar-refractivity contribution in [2.75, 3.05) is 0 Å². The molecule has 0 unspecified atom stereocenters. The normalized spacial score (nSPS) is 10.5. The smallest absolute Gasteiger partial charge is 1.00 e. The molecule has 0 fully saturated rings. The number of hydrogen-bond donors (Lipinski definition) is 1. The van der Waals surface area contributed by atoms with Crippen molar-refractivity contribution in [2.24, 2.45) is 0 Å². The van der Waals surface area contributed by atoms with Crippen LogP contribution in [-0.2, 0) is 10.1 Å². The van der Waals surface area contributed by atoms with E-state index in [0.29, 0.717) is 0 Å². The Morgan fingerprint density at radius 1 is 1.47 bits per heavy atom. The molecule has 0 aliphatic rings. The summed E-state index contributed by atoms with van der Waals surface area (Å²) in [6.07, 6.45) is 0. The average Bonchev–Trinajstić information content (AvgIpc) is 2.01. The number of benzene rings is 1. The minimum absolute atomic E-state index is 0. The van der Waals surface area contributed by atoms with E-state index in [2.05, 4.69) is 0 Å². The van der Waals surface area contributed by atoms with Gasteiger partial charge >= 0.3 is 45.4 Å². The van der Waals surface area contributed by atoms with Crippen LogP contribution in [0.15, 0.2) is 23.1 Å². The molecule has 0 saturated heterocycles. The number of rotatable bonds is 2. The topological polar surface area (TPSA) is 97.5 Å². The molecule has 0 aromatic heterocycles. The van der Waals surface area contributed by atoms with Crippen LogP contribution in [0.2, 0.25) is 0 Å². The van der Waals surface area contributed by atoms with Gasteiger partial charge in [-0.1, -0.05) is 6.07 Å². The van der Waals surface area contributed by atoms with Gasteiger partial charge in [0.15, 0.2) is 4.90 Å². The summed E-state index contributed by atoms with van der Waals surface area (Å²) < 4.78 is 30.4. The van der Waals surface area contributed by atoms with Gasteiger partial charge in [0, 0.05) is 0 Å². The third kappa shape index (κ3) is 3.64. The number of nitro groups is 1. The third-order valence-electron chi connectivity index (χ3n) is 1.41. The van der Waals surface area contributed by atoms with Crippen molar-refractivity contribution in [1.29, 1.82) is 0 Å². The van der Waals surface area contributed by atoms with Crippen LogP contribution in [0.5, 0.6) is 0 Å². The second-order valence-corrected chi connectivity index (χ2v) is 4.87. The zero-order chi connectivity index (χ0) is 10.9. The van der Waals surface area contributed by atoms with E-state index in [1.165, 1.54) is 12.1 Å². The van der Waals surface area contributed by atoms with Crippen molar-refractivity contribution >= 4 is 38.4 Å². The predicted octanol–water partition coefficient (Wildman–Crippen LogP) is -1.44. The monoisotopic (exact) mass is 353 g/mol. The van der Waals surface area contributed by atoms with Gasteiger partial charge < -0.3 is 1.43 Å². The van der Waals surface area contributed by atoms with Crippen LogP contribution >= 0.6 is 22.6 Å². The maximum absolute atomic E-state index is 10.8. The molecule has 0 atom stereocenters. The number of para-hydroxylation sites is 1. The molecule has 0 saturated carbocycles. The average molecular weight is 353 g/mol. The Labute approximate surface area is 123 Å². The first-order valence-electron chi connectivity index (χ1n) is 3.24. The molecule has 9 heteroatoms. The van der Waals surface area contributed by atoms with Gasteiger partial charge in [-0.15, -0.1) is 0 Å². The van der Waals surface area contributed by atoms with Crippen molar-refractivity contribution in [3.63, 3.8) is 0 Å². The molecule has 0 aliphatic heterocycles. The van der Waals surface area contributed by atoms with E-state index in [0.717, 1.165) is 6.07 Å². The van der Waals surface area contributed by atoms with Gasteiger partial charge in [0.05, 0.1) is 8.49 Å². The molecule has 1 rings (SSSR count). The molecule has 0 heterocycles. The standard InChI is InChI=1S/C6H4INO5S.Na.H/c7-4-2-1-3-5(14(11,12)13)6(4)8(9)10;;/h1-3H,(H,11,12,13);;/q;+1;-1. The van der Waals surface area contributed by atoms with Crippen LogP contribution in [0.1, 0.15) is 1.43 Å². The molecule has 78 valence electrons. The summed E-state index contributed by atoms with van der Waals surface area (Å²) in [4.78, 5) is 8.99. The van der Waals surface area contributed by atoms with Crippen molar-refractivity contribution in [3.8, 4) is 0 Å². The predicted molar refractivity (Wildman–Crippen MR) is 56.7 cm³/mol. The number of nitro benzene ring substituents is 1. The fraction of sp³-hybridized carbons (Fsp3) is 0. The van der Waals surface area contributed by atoms with E-state index >= 15 is 0 Å². The molecule has 6 nitrogen and oxygen atoms in total. The summed E-state index contributed by atoms with van der Waals surface area (Å²) >= 11 is 1.62. The minimum Gasteiger partial charge on any atom is -1.00 e. The van der Waals surface area contributed by atoms with Gasteiger partial charge in [-0.25, -0.2) is 0 Å². The van der Waals surface area contributed by atoms with Gasteiger partial charge in [-0.2, -0.15) is 8.42 Å². The fourth-order valence-corrected chi connectivity index (χ4v) is 2.44. The third-order valence-corrected chi connectivity index (χ3v) is 3.17. The quantitative estimate of drug-likeness (QED) is 0.231. The number of hydrogen-bond acceptors (Lipinski definition) is 4. The molecule has 1 N–H and O–H groups in total. The molecule has 0 amide bonds. The first-order valence-corrected chi connectivity index (χ1v) is 5.76. The number of halogens is 1. The van der Waals surface area contributed by atoms with Crippen LogP contribution < -0.4 is 29.6 Å². The Morgan fingerprint density at radius 3 is 2.33 bits per heavy atom. The van der Waals surface area contributed by atoms with Crippen molar-refractivity contribution in [2.45, 2.75) is 4.90 Å². The van der Waals surface area contributed by atoms with Gasteiger partial charge in [-0.05, 0) is 34.7 Å². The Balaban J connectivity index is 0. The van der Waals surface area contributed by atoms with Gasteiger partial charge in [0.2, 0.25) is 0 Å². The molecular weight excluding hydrogens is 348 g/mol. The Morgan fingerprint density at radius 2 is 2.00 bits per heavy atom. The van der Waals surface area contributed by atoms with Crippen molar-refractivity contribution in [3.05, 3.63) is 31.9 Å². The van der Waals surface area contributed by atoms with E-state index in [1.54, 1.807) is 22.6 Å². The summed E-state index contributed by atoms with van der Waals surface area (Å²) in [5.74, 6) is 0. The van der Waals surface area contributed by atoms with E-state index < -0.39 is 25.6 Å². The van der Waals surface area contributed by atoms with Gasteiger partial charge in [0.1, 0.15) is 0 Å². The van der Waals surface area contributed by atoms with Crippen molar-refractivity contribution < 1.29 is 48.9 Å². The van der Waals surface area contributed by atoms with Gasteiger partial charge in [0.25, 0.3) is 0 Å². The second-order valence-electron chi connectivity index (χ2n) is 2.32. The first-order chi connectivity index (χ1) is 6.34. The molecule has 1 aromatic rings. The molecule has 0 bridgehead atoms. The summed E-state index contributed by atoms with van der Waals surface area (Å²) in [5, 5.41) is 10.5. The molecule has 0 spiro atoms. The Kier molecular flexibility index (Phi) is 5.64. The summed E-state index contributed by atoms with van der Waals surface area (Å²) in [6.45, 7) is 0. The maximum Gasteiger partial charge on any atom is 1.00 e. The Bertz CT molecular complexity index is 494. The minimum atomic E-state index is -4.55. The molecule has 0 radical (unpaired) electrons. The number of nitrogens with zero attached hydrogens (tertiary/aromatic N) is 1. The largest absolute Gasteiger partial charge is 1.00 e. The second kappa shape index (κ2) is 5.55. The van der Waals surface area contributed by atoms with E-state index in [4.69, 9.17) is 4.55 Å².